The Kier molecular flexibility index (Phi) is 4.99. The van der Waals surface area contributed by atoms with Crippen LogP contribution >= 0.6 is 0 Å². The molecular weight excluding hydrogens is 316 g/mol. The number of hydrogen-bond acceptors (Lipinski definition) is 5. The molecule has 0 bridgehead atoms. The highest BCUT2D eigenvalue weighted by molar-refractivity contribution is 5.81. The first kappa shape index (κ1) is 16.9. The molecule has 1 N–H and O–H groups in total. The fourth-order valence-corrected chi connectivity index (χ4v) is 4.55. The van der Waals surface area contributed by atoms with E-state index in [0.717, 1.165) is 36.7 Å². The van der Waals surface area contributed by atoms with Crippen molar-refractivity contribution < 1.29 is 9.53 Å². The molecule has 6 heteroatoms. The maximum atomic E-state index is 12.5. The Morgan fingerprint density at radius 1 is 1.28 bits per heavy atom. The Morgan fingerprint density at radius 3 is 2.88 bits per heavy atom. The van der Waals surface area contributed by atoms with Crippen molar-refractivity contribution in [1.82, 2.24) is 20.2 Å². The van der Waals surface area contributed by atoms with Crippen molar-refractivity contribution in [1.29, 1.82) is 0 Å². The van der Waals surface area contributed by atoms with E-state index in [1.54, 1.807) is 12.4 Å². The minimum absolute atomic E-state index is 0.0161. The number of carbonyl (C=O) groups is 1. The Morgan fingerprint density at radius 2 is 2.12 bits per heavy atom. The number of likely N-dealkylation sites (tertiary alicyclic amines) is 1. The summed E-state index contributed by atoms with van der Waals surface area (Å²) in [6.45, 7) is 4.63. The number of amides is 1. The number of aromatic nitrogens is 2. The van der Waals surface area contributed by atoms with Gasteiger partial charge in [0, 0.05) is 31.7 Å². The zero-order valence-corrected chi connectivity index (χ0v) is 15.0. The number of nitrogens with one attached hydrogen (secondary N) is 1. The lowest BCUT2D eigenvalue weighted by molar-refractivity contribution is -0.132. The highest BCUT2D eigenvalue weighted by atomic mass is 16.5. The highest BCUT2D eigenvalue weighted by Crippen LogP contribution is 2.35. The number of fused-ring (bicyclic) bond motifs is 1. The van der Waals surface area contributed by atoms with Gasteiger partial charge in [-0.25, -0.2) is 0 Å². The van der Waals surface area contributed by atoms with Crippen LogP contribution in [0.4, 0.5) is 0 Å². The minimum atomic E-state index is -0.320. The summed E-state index contributed by atoms with van der Waals surface area (Å²) >= 11 is 0. The van der Waals surface area contributed by atoms with E-state index in [0.29, 0.717) is 12.6 Å². The first-order valence-corrected chi connectivity index (χ1v) is 9.64. The molecule has 25 heavy (non-hydrogen) atoms. The zero-order valence-electron chi connectivity index (χ0n) is 15.0. The van der Waals surface area contributed by atoms with Gasteiger partial charge in [0.15, 0.2) is 0 Å². The maximum Gasteiger partial charge on any atom is 0.249 e. The predicted octanol–water partition coefficient (Wildman–Crippen LogP) is 1.82. The second-order valence-corrected chi connectivity index (χ2v) is 7.77. The van der Waals surface area contributed by atoms with Crippen LogP contribution in [-0.4, -0.2) is 52.1 Å². The van der Waals surface area contributed by atoms with Gasteiger partial charge >= 0.3 is 0 Å². The second-order valence-electron chi connectivity index (χ2n) is 7.77. The van der Waals surface area contributed by atoms with Crippen LogP contribution in [0.15, 0.2) is 12.4 Å². The number of nitrogens with zero attached hydrogens (tertiary/aromatic N) is 3. The minimum Gasteiger partial charge on any atom is -0.363 e. The number of aryl methyl sites for hydroxylation is 1. The average Bonchev–Trinajstić information content (AvgIpc) is 3.33. The first-order valence-electron chi connectivity index (χ1n) is 9.64. The third-order valence-electron chi connectivity index (χ3n) is 5.93. The van der Waals surface area contributed by atoms with E-state index in [4.69, 9.17) is 4.74 Å². The summed E-state index contributed by atoms with van der Waals surface area (Å²) in [6, 6.07) is 0.426. The van der Waals surface area contributed by atoms with Gasteiger partial charge < -0.3 is 10.1 Å². The Balaban J connectivity index is 1.28. The van der Waals surface area contributed by atoms with Gasteiger partial charge in [0.2, 0.25) is 5.91 Å². The predicted molar refractivity (Wildman–Crippen MR) is 93.8 cm³/mol. The lowest BCUT2D eigenvalue weighted by Gasteiger charge is -2.25. The van der Waals surface area contributed by atoms with Gasteiger partial charge in [0.1, 0.15) is 6.10 Å². The molecule has 6 nitrogen and oxygen atoms in total. The van der Waals surface area contributed by atoms with Gasteiger partial charge in [-0.2, -0.15) is 0 Å². The molecule has 0 spiro atoms. The standard InChI is InChI=1S/C19H28N4O2/c1-13-9-21-15(10-20-13)11-22-19(24)18-8-16-17(25-18)6-7-23(16)12-14-4-2-3-5-14/h9-10,14,16-18H,2-8,11-12H2,1H3,(H,22,24)/t16-,17-,18+/m0/s1. The SMILES string of the molecule is Cc1cnc(CNC(=O)[C@H]2C[C@H]3[C@H](CCN3CC3CCCC3)O2)cn1. The molecule has 1 aromatic heterocycles. The Hall–Kier alpha value is -1.53. The summed E-state index contributed by atoms with van der Waals surface area (Å²) in [5.41, 5.74) is 1.66. The van der Waals surface area contributed by atoms with Gasteiger partial charge in [-0.05, 0) is 32.1 Å². The van der Waals surface area contributed by atoms with E-state index in [1.807, 2.05) is 6.92 Å². The van der Waals surface area contributed by atoms with Crippen molar-refractivity contribution in [3.63, 3.8) is 0 Å². The molecule has 3 heterocycles. The summed E-state index contributed by atoms with van der Waals surface area (Å²) in [5.74, 6) is 0.837. The Bertz CT molecular complexity index is 600. The van der Waals surface area contributed by atoms with Crippen molar-refractivity contribution in [2.45, 2.75) is 70.2 Å². The topological polar surface area (TPSA) is 67.4 Å². The van der Waals surface area contributed by atoms with Crippen molar-refractivity contribution in [3.05, 3.63) is 23.8 Å². The Labute approximate surface area is 149 Å². The van der Waals surface area contributed by atoms with E-state index in [-0.39, 0.29) is 18.1 Å². The molecule has 136 valence electrons. The molecule has 0 aromatic carbocycles. The zero-order chi connectivity index (χ0) is 17.2. The molecule has 1 aromatic rings. The molecule has 2 aliphatic heterocycles. The molecule has 0 unspecified atom stereocenters. The summed E-state index contributed by atoms with van der Waals surface area (Å²) in [6.07, 6.45) is 10.7. The van der Waals surface area contributed by atoms with Crippen LogP contribution in [0.2, 0.25) is 0 Å². The van der Waals surface area contributed by atoms with Crippen LogP contribution < -0.4 is 5.32 Å². The largest absolute Gasteiger partial charge is 0.363 e. The molecule has 1 amide bonds. The van der Waals surface area contributed by atoms with Gasteiger partial charge in [-0.1, -0.05) is 12.8 Å². The molecule has 1 saturated carbocycles. The lowest BCUT2D eigenvalue weighted by atomic mass is 10.0. The van der Waals surface area contributed by atoms with E-state index in [1.165, 1.54) is 32.2 Å². The van der Waals surface area contributed by atoms with Crippen LogP contribution in [0.3, 0.4) is 0 Å². The van der Waals surface area contributed by atoms with E-state index in [9.17, 15) is 4.79 Å². The smallest absolute Gasteiger partial charge is 0.249 e. The van der Waals surface area contributed by atoms with Crippen molar-refractivity contribution in [2.24, 2.45) is 5.92 Å². The summed E-state index contributed by atoms with van der Waals surface area (Å²) in [5, 5.41) is 2.95. The molecular formula is C19H28N4O2. The van der Waals surface area contributed by atoms with Gasteiger partial charge in [0.05, 0.1) is 30.2 Å². The summed E-state index contributed by atoms with van der Waals surface area (Å²) in [7, 11) is 0. The first-order chi connectivity index (χ1) is 12.2. The van der Waals surface area contributed by atoms with Gasteiger partial charge in [0.25, 0.3) is 0 Å². The number of hydrogen-bond donors (Lipinski definition) is 1. The molecule has 4 rings (SSSR count). The lowest BCUT2D eigenvalue weighted by Crippen LogP contribution is -2.37. The average molecular weight is 344 g/mol. The molecule has 3 atom stereocenters. The van der Waals surface area contributed by atoms with Gasteiger partial charge in [-0.3, -0.25) is 19.7 Å². The summed E-state index contributed by atoms with van der Waals surface area (Å²) < 4.78 is 6.06. The molecule has 3 fully saturated rings. The van der Waals surface area contributed by atoms with Crippen LogP contribution in [0.5, 0.6) is 0 Å². The number of carbonyl (C=O) groups excluding carboxylic acids is 1. The molecule has 0 radical (unpaired) electrons. The fraction of sp³-hybridized carbons (Fsp3) is 0.737. The second kappa shape index (κ2) is 7.38. The van der Waals surface area contributed by atoms with Crippen LogP contribution in [0.1, 0.15) is 49.9 Å². The van der Waals surface area contributed by atoms with Crippen LogP contribution in [-0.2, 0) is 16.1 Å². The van der Waals surface area contributed by atoms with Crippen LogP contribution in [0, 0.1) is 12.8 Å². The number of rotatable bonds is 5. The fourth-order valence-electron chi connectivity index (χ4n) is 4.55. The van der Waals surface area contributed by atoms with Crippen molar-refractivity contribution >= 4 is 5.91 Å². The molecule has 3 aliphatic rings. The third-order valence-corrected chi connectivity index (χ3v) is 5.93. The molecule has 2 saturated heterocycles. The van der Waals surface area contributed by atoms with Crippen LogP contribution in [0.25, 0.3) is 0 Å². The van der Waals surface area contributed by atoms with Crippen molar-refractivity contribution in [2.75, 3.05) is 13.1 Å². The van der Waals surface area contributed by atoms with Gasteiger partial charge in [-0.15, -0.1) is 0 Å². The van der Waals surface area contributed by atoms with E-state index < -0.39 is 0 Å². The quantitative estimate of drug-likeness (QED) is 0.882. The number of ether oxygens (including phenoxy) is 1. The summed E-state index contributed by atoms with van der Waals surface area (Å²) in [4.78, 5) is 23.5. The maximum absolute atomic E-state index is 12.5. The molecule has 1 aliphatic carbocycles. The normalized spacial score (nSPS) is 29.9. The third kappa shape index (κ3) is 3.85. The van der Waals surface area contributed by atoms with E-state index in [2.05, 4.69) is 20.2 Å². The van der Waals surface area contributed by atoms with E-state index >= 15 is 0 Å². The monoisotopic (exact) mass is 344 g/mol. The highest BCUT2D eigenvalue weighted by Gasteiger charge is 2.45. The van der Waals surface area contributed by atoms with Crippen molar-refractivity contribution in [3.8, 4) is 0 Å².